The number of methoxy groups -OCH3 is 1. The third-order valence-electron chi connectivity index (χ3n) is 5.29. The molecule has 164 valence electrons. The van der Waals surface area contributed by atoms with Crippen molar-refractivity contribution in [2.75, 3.05) is 26.8 Å². The molecule has 1 aliphatic heterocycles. The summed E-state index contributed by atoms with van der Waals surface area (Å²) in [6, 6.07) is 14.1. The lowest BCUT2D eigenvalue weighted by molar-refractivity contribution is -0.153. The minimum atomic E-state index is -4.38. The molecular formula is C23H29F3N2O2. The Morgan fingerprint density at radius 1 is 1.03 bits per heavy atom. The maximum Gasteiger partial charge on any atom is 0.422 e. The van der Waals surface area contributed by atoms with E-state index in [-0.39, 0.29) is 5.75 Å². The minimum absolute atomic E-state index is 0.100. The van der Waals surface area contributed by atoms with Crippen LogP contribution < -0.4 is 14.8 Å². The zero-order valence-electron chi connectivity index (χ0n) is 17.5. The van der Waals surface area contributed by atoms with Gasteiger partial charge >= 0.3 is 6.18 Å². The second-order valence-corrected chi connectivity index (χ2v) is 7.81. The third-order valence-corrected chi connectivity index (χ3v) is 5.29. The Morgan fingerprint density at radius 3 is 2.47 bits per heavy atom. The van der Waals surface area contributed by atoms with Crippen LogP contribution in [0.1, 0.15) is 29.5 Å². The van der Waals surface area contributed by atoms with Gasteiger partial charge in [-0.3, -0.25) is 4.90 Å². The van der Waals surface area contributed by atoms with E-state index in [4.69, 9.17) is 9.47 Å². The number of ether oxygens (including phenoxy) is 2. The van der Waals surface area contributed by atoms with E-state index in [2.05, 4.69) is 41.4 Å². The van der Waals surface area contributed by atoms with Crippen molar-refractivity contribution in [3.05, 3.63) is 59.2 Å². The molecule has 0 saturated carbocycles. The van der Waals surface area contributed by atoms with Crippen molar-refractivity contribution >= 4 is 0 Å². The van der Waals surface area contributed by atoms with Crippen molar-refractivity contribution in [1.82, 2.24) is 10.2 Å². The normalized spacial score (nSPS) is 15.9. The van der Waals surface area contributed by atoms with Gasteiger partial charge < -0.3 is 14.8 Å². The fourth-order valence-corrected chi connectivity index (χ4v) is 3.73. The van der Waals surface area contributed by atoms with Gasteiger partial charge in [-0.2, -0.15) is 13.2 Å². The Labute approximate surface area is 176 Å². The summed E-state index contributed by atoms with van der Waals surface area (Å²) < 4.78 is 47.1. The first kappa shape index (κ1) is 22.4. The molecule has 0 radical (unpaired) electrons. The topological polar surface area (TPSA) is 33.7 Å². The van der Waals surface area contributed by atoms with E-state index in [0.29, 0.717) is 18.3 Å². The van der Waals surface area contributed by atoms with Gasteiger partial charge in [0.15, 0.2) is 18.1 Å². The van der Waals surface area contributed by atoms with Crippen molar-refractivity contribution in [3.8, 4) is 11.5 Å². The predicted molar refractivity (Wildman–Crippen MR) is 111 cm³/mol. The maximum absolute atomic E-state index is 12.4. The molecule has 30 heavy (non-hydrogen) atoms. The molecule has 1 saturated heterocycles. The average molecular weight is 422 g/mol. The van der Waals surface area contributed by atoms with Gasteiger partial charge in [0.05, 0.1) is 7.11 Å². The van der Waals surface area contributed by atoms with Crippen LogP contribution in [-0.2, 0) is 13.1 Å². The molecule has 0 spiro atoms. The Kier molecular flexibility index (Phi) is 7.61. The molecule has 0 aromatic heterocycles. The summed E-state index contributed by atoms with van der Waals surface area (Å²) >= 11 is 0. The quantitative estimate of drug-likeness (QED) is 0.669. The number of hydrogen-bond donors (Lipinski definition) is 1. The van der Waals surface area contributed by atoms with Crippen LogP contribution in [0.25, 0.3) is 0 Å². The van der Waals surface area contributed by atoms with Crippen LogP contribution in [0, 0.1) is 6.92 Å². The molecule has 2 aromatic carbocycles. The van der Waals surface area contributed by atoms with Gasteiger partial charge in [-0.05, 0) is 56.1 Å². The van der Waals surface area contributed by atoms with Crippen LogP contribution >= 0.6 is 0 Å². The van der Waals surface area contributed by atoms with E-state index in [1.807, 2.05) is 0 Å². The van der Waals surface area contributed by atoms with Crippen LogP contribution in [0.3, 0.4) is 0 Å². The lowest BCUT2D eigenvalue weighted by Gasteiger charge is -2.32. The third kappa shape index (κ3) is 6.92. The highest BCUT2D eigenvalue weighted by Crippen LogP contribution is 2.30. The van der Waals surface area contributed by atoms with Crippen LogP contribution in [0.2, 0.25) is 0 Å². The molecule has 2 aromatic rings. The van der Waals surface area contributed by atoms with Crippen molar-refractivity contribution in [2.45, 2.75) is 45.1 Å². The van der Waals surface area contributed by atoms with Crippen molar-refractivity contribution < 1.29 is 22.6 Å². The van der Waals surface area contributed by atoms with Crippen LogP contribution in [0.4, 0.5) is 13.2 Å². The Bertz CT molecular complexity index is 818. The van der Waals surface area contributed by atoms with E-state index < -0.39 is 12.8 Å². The van der Waals surface area contributed by atoms with E-state index in [0.717, 1.165) is 38.0 Å². The van der Waals surface area contributed by atoms with Crippen LogP contribution in [0.5, 0.6) is 11.5 Å². The van der Waals surface area contributed by atoms with Gasteiger partial charge in [0, 0.05) is 19.1 Å². The first-order valence-electron chi connectivity index (χ1n) is 10.2. The average Bonchev–Trinajstić information content (AvgIpc) is 2.71. The van der Waals surface area contributed by atoms with E-state index in [1.165, 1.54) is 24.3 Å². The van der Waals surface area contributed by atoms with Crippen molar-refractivity contribution in [3.63, 3.8) is 0 Å². The molecule has 4 nitrogen and oxygen atoms in total. The summed E-state index contributed by atoms with van der Waals surface area (Å²) in [7, 11) is 1.43. The summed E-state index contributed by atoms with van der Waals surface area (Å²) in [6.07, 6.45) is -2.25. The first-order chi connectivity index (χ1) is 14.3. The number of aryl methyl sites for hydroxylation is 1. The smallest absolute Gasteiger partial charge is 0.422 e. The summed E-state index contributed by atoms with van der Waals surface area (Å²) in [6.45, 7) is 4.48. The number of benzene rings is 2. The Morgan fingerprint density at radius 2 is 1.80 bits per heavy atom. The summed E-state index contributed by atoms with van der Waals surface area (Å²) in [5.41, 5.74) is 3.59. The number of nitrogens with zero attached hydrogens (tertiary/aromatic N) is 1. The number of piperidine rings is 1. The molecule has 1 heterocycles. The SMILES string of the molecule is COc1cc(CNC2CCN(Cc3cccc(C)c3)CC2)ccc1OCC(F)(F)F. The lowest BCUT2D eigenvalue weighted by Crippen LogP contribution is -2.41. The van der Waals surface area contributed by atoms with Gasteiger partial charge in [0.25, 0.3) is 0 Å². The van der Waals surface area contributed by atoms with E-state index >= 15 is 0 Å². The second-order valence-electron chi connectivity index (χ2n) is 7.81. The fourth-order valence-electron chi connectivity index (χ4n) is 3.73. The first-order valence-corrected chi connectivity index (χ1v) is 10.2. The van der Waals surface area contributed by atoms with Gasteiger partial charge in [-0.15, -0.1) is 0 Å². The minimum Gasteiger partial charge on any atom is -0.493 e. The number of halogens is 3. The number of rotatable bonds is 8. The molecule has 0 amide bonds. The number of likely N-dealkylation sites (tertiary alicyclic amines) is 1. The monoisotopic (exact) mass is 422 g/mol. The summed E-state index contributed by atoms with van der Waals surface area (Å²) in [5.74, 6) is 0.412. The zero-order chi connectivity index (χ0) is 21.6. The van der Waals surface area contributed by atoms with E-state index in [1.54, 1.807) is 12.1 Å². The highest BCUT2D eigenvalue weighted by molar-refractivity contribution is 5.43. The molecular weight excluding hydrogens is 393 g/mol. The molecule has 7 heteroatoms. The van der Waals surface area contributed by atoms with Gasteiger partial charge in [0.1, 0.15) is 0 Å². The number of nitrogens with one attached hydrogen (secondary N) is 1. The fraction of sp³-hybridized carbons (Fsp3) is 0.478. The zero-order valence-corrected chi connectivity index (χ0v) is 17.5. The lowest BCUT2D eigenvalue weighted by atomic mass is 10.0. The van der Waals surface area contributed by atoms with Crippen LogP contribution in [-0.4, -0.2) is 43.9 Å². The molecule has 0 bridgehead atoms. The number of hydrogen-bond acceptors (Lipinski definition) is 4. The van der Waals surface area contributed by atoms with Gasteiger partial charge in [-0.1, -0.05) is 35.9 Å². The summed E-state index contributed by atoms with van der Waals surface area (Å²) in [4.78, 5) is 2.47. The predicted octanol–water partition coefficient (Wildman–Crippen LogP) is 4.70. The molecule has 0 unspecified atom stereocenters. The largest absolute Gasteiger partial charge is 0.493 e. The molecule has 0 atom stereocenters. The van der Waals surface area contributed by atoms with Crippen LogP contribution in [0.15, 0.2) is 42.5 Å². The molecule has 3 rings (SSSR count). The molecule has 0 aliphatic carbocycles. The summed E-state index contributed by atoms with van der Waals surface area (Å²) in [5, 5.41) is 3.56. The Balaban J connectivity index is 1.46. The Hall–Kier alpha value is -2.25. The van der Waals surface area contributed by atoms with Gasteiger partial charge in [0.2, 0.25) is 0 Å². The standard InChI is InChI=1S/C23H29F3N2O2/c1-17-4-3-5-19(12-17)15-28-10-8-20(9-11-28)27-14-18-6-7-21(22(13-18)29-2)30-16-23(24,25)26/h3-7,12-13,20,27H,8-11,14-16H2,1-2H3. The second kappa shape index (κ2) is 10.2. The highest BCUT2D eigenvalue weighted by Gasteiger charge is 2.29. The maximum atomic E-state index is 12.4. The van der Waals surface area contributed by atoms with E-state index in [9.17, 15) is 13.2 Å². The van der Waals surface area contributed by atoms with Gasteiger partial charge in [-0.25, -0.2) is 0 Å². The molecule has 1 N–H and O–H groups in total. The number of alkyl halides is 3. The molecule has 1 fully saturated rings. The van der Waals surface area contributed by atoms with Crippen molar-refractivity contribution in [2.24, 2.45) is 0 Å². The highest BCUT2D eigenvalue weighted by atomic mass is 19.4. The molecule has 1 aliphatic rings. The van der Waals surface area contributed by atoms with Crippen molar-refractivity contribution in [1.29, 1.82) is 0 Å².